The molecule has 10 nitrogen and oxygen atoms in total. The largest absolute Gasteiger partial charge is 0.368 e. The molecular weight excluding hydrogens is 540 g/mol. The number of carbonyl (C=O) groups is 2. The number of fused-ring (bicyclic) bond motifs is 1. The third kappa shape index (κ3) is 6.83. The molecule has 0 radical (unpaired) electrons. The average molecular weight is 575 g/mol. The Morgan fingerprint density at radius 2 is 1.88 bits per heavy atom. The summed E-state index contributed by atoms with van der Waals surface area (Å²) in [6.45, 7) is 3.84. The Morgan fingerprint density at radius 3 is 2.61 bits per heavy atom. The highest BCUT2D eigenvalue weighted by atomic mass is 35.5. The summed E-state index contributed by atoms with van der Waals surface area (Å²) >= 11 is 6.48. The van der Waals surface area contributed by atoms with Gasteiger partial charge in [0, 0.05) is 69.4 Å². The van der Waals surface area contributed by atoms with Gasteiger partial charge >= 0.3 is 0 Å². The fraction of sp³-hybridized carbons (Fsp3) is 0.367. The van der Waals surface area contributed by atoms with Crippen LogP contribution in [0.1, 0.15) is 43.5 Å². The quantitative estimate of drug-likeness (QED) is 0.277. The molecule has 214 valence electrons. The number of nitrogen functional groups attached to an aromatic ring is 1. The van der Waals surface area contributed by atoms with Gasteiger partial charge in [-0.2, -0.15) is 0 Å². The van der Waals surface area contributed by atoms with Gasteiger partial charge in [0.05, 0.1) is 10.5 Å². The van der Waals surface area contributed by atoms with Gasteiger partial charge in [0.25, 0.3) is 0 Å². The van der Waals surface area contributed by atoms with Gasteiger partial charge in [0.2, 0.25) is 17.8 Å². The maximum atomic E-state index is 13.3. The first-order valence-corrected chi connectivity index (χ1v) is 14.3. The summed E-state index contributed by atoms with van der Waals surface area (Å²) in [5, 5.41) is 3.46. The van der Waals surface area contributed by atoms with E-state index in [9.17, 15) is 9.59 Å². The summed E-state index contributed by atoms with van der Waals surface area (Å²) in [5.74, 6) is 1.18. The van der Waals surface area contributed by atoms with Gasteiger partial charge in [-0.05, 0) is 42.5 Å². The van der Waals surface area contributed by atoms with Crippen molar-refractivity contribution in [3.05, 3.63) is 71.3 Å². The molecule has 0 unspecified atom stereocenters. The van der Waals surface area contributed by atoms with Crippen LogP contribution in [-0.2, 0) is 22.6 Å². The number of nitrogens with two attached hydrogens (primary N) is 2. The molecule has 0 aliphatic carbocycles. The number of imidazole rings is 1. The Labute approximate surface area is 244 Å². The maximum Gasteiger partial charge on any atom is 0.224 e. The molecule has 0 spiro atoms. The Bertz CT molecular complexity index is 1520. The predicted octanol–water partition coefficient (Wildman–Crippen LogP) is 3.53. The lowest BCUT2D eigenvalue weighted by atomic mass is 9.95. The molecule has 41 heavy (non-hydrogen) atoms. The Kier molecular flexibility index (Phi) is 8.80. The highest BCUT2D eigenvalue weighted by molar-refractivity contribution is 6.34. The van der Waals surface area contributed by atoms with E-state index in [0.717, 1.165) is 46.4 Å². The summed E-state index contributed by atoms with van der Waals surface area (Å²) in [7, 11) is 0. The van der Waals surface area contributed by atoms with Gasteiger partial charge in [-0.15, -0.1) is 0 Å². The minimum absolute atomic E-state index is 0.0526. The minimum Gasteiger partial charge on any atom is -0.368 e. The van der Waals surface area contributed by atoms with Crippen molar-refractivity contribution in [2.75, 3.05) is 25.4 Å². The molecule has 4 aromatic rings. The van der Waals surface area contributed by atoms with E-state index in [4.69, 9.17) is 28.1 Å². The number of nitrogens with one attached hydrogen (secondary N) is 1. The molecule has 1 aliphatic heterocycles. The zero-order chi connectivity index (χ0) is 28.9. The molecule has 2 aromatic heterocycles. The first-order valence-electron chi connectivity index (χ1n) is 13.9. The van der Waals surface area contributed by atoms with Crippen LogP contribution in [0.5, 0.6) is 0 Å². The summed E-state index contributed by atoms with van der Waals surface area (Å²) in [6.07, 6.45) is 6.05. The summed E-state index contributed by atoms with van der Waals surface area (Å²) in [6, 6.07) is 13.5. The number of hydrogen-bond donors (Lipinski definition) is 3. The second kappa shape index (κ2) is 12.7. The molecule has 1 aliphatic rings. The van der Waals surface area contributed by atoms with Gasteiger partial charge in [-0.1, -0.05) is 41.9 Å². The van der Waals surface area contributed by atoms with Crippen molar-refractivity contribution in [1.29, 1.82) is 0 Å². The number of anilines is 1. The lowest BCUT2D eigenvalue weighted by Gasteiger charge is -2.33. The van der Waals surface area contributed by atoms with Crippen molar-refractivity contribution in [2.45, 2.75) is 51.1 Å². The van der Waals surface area contributed by atoms with Crippen molar-refractivity contribution in [1.82, 2.24) is 29.7 Å². The smallest absolute Gasteiger partial charge is 0.224 e. The Hall–Kier alpha value is -4.02. The van der Waals surface area contributed by atoms with Gasteiger partial charge in [-0.3, -0.25) is 9.59 Å². The van der Waals surface area contributed by atoms with E-state index in [-0.39, 0.29) is 36.1 Å². The number of piperidine rings is 1. The van der Waals surface area contributed by atoms with Gasteiger partial charge in [-0.25, -0.2) is 15.0 Å². The number of hydrogen-bond acceptors (Lipinski definition) is 7. The molecule has 1 fully saturated rings. The number of nitrogens with zero attached hydrogens (tertiary/aromatic N) is 5. The molecule has 0 saturated carbocycles. The lowest BCUT2D eigenvalue weighted by Crippen LogP contribution is -2.42. The highest BCUT2D eigenvalue weighted by Gasteiger charge is 2.29. The molecule has 2 amide bonds. The van der Waals surface area contributed by atoms with E-state index in [1.807, 2.05) is 47.4 Å². The summed E-state index contributed by atoms with van der Waals surface area (Å²) in [5.41, 5.74) is 16.6. The standard InChI is InChI=1S/C30H35ClN8O2/c1-19(40)34-11-13-39-26-6-2-5-25(31)28(26)37-29(39)22-4-3-12-38(18-22)27(41)15-24(32)14-20-7-9-21(10-8-20)23-16-35-30(33)36-17-23/h2,5-10,16-17,22,24H,3-4,11-15,18,32H2,1H3,(H,34,40)(H2,33,35,36)/t22-,24-/m1/s1. The molecule has 2 aromatic carbocycles. The van der Waals surface area contributed by atoms with Crippen molar-refractivity contribution >= 4 is 40.4 Å². The van der Waals surface area contributed by atoms with Crippen LogP contribution in [0.25, 0.3) is 22.2 Å². The predicted molar refractivity (Wildman–Crippen MR) is 160 cm³/mol. The Balaban J connectivity index is 1.23. The van der Waals surface area contributed by atoms with Crippen LogP contribution in [0.15, 0.2) is 54.9 Å². The van der Waals surface area contributed by atoms with Crippen molar-refractivity contribution < 1.29 is 9.59 Å². The van der Waals surface area contributed by atoms with Gasteiger partial charge in [0.15, 0.2) is 0 Å². The maximum absolute atomic E-state index is 13.3. The normalized spacial score (nSPS) is 16.1. The molecular formula is C30H35ClN8O2. The van der Waals surface area contributed by atoms with Crippen LogP contribution < -0.4 is 16.8 Å². The molecule has 3 heterocycles. The molecule has 0 bridgehead atoms. The van der Waals surface area contributed by atoms with Crippen LogP contribution in [0.2, 0.25) is 5.02 Å². The first-order chi connectivity index (χ1) is 19.8. The van der Waals surface area contributed by atoms with Crippen LogP contribution in [0.4, 0.5) is 5.95 Å². The fourth-order valence-corrected chi connectivity index (χ4v) is 5.70. The summed E-state index contributed by atoms with van der Waals surface area (Å²) < 4.78 is 2.13. The van der Waals surface area contributed by atoms with E-state index in [1.54, 1.807) is 12.4 Å². The topological polar surface area (TPSA) is 145 Å². The molecule has 1 saturated heterocycles. The van der Waals surface area contributed by atoms with Crippen molar-refractivity contribution in [2.24, 2.45) is 5.73 Å². The SMILES string of the molecule is CC(=O)NCCn1c([C@@H]2CCCN(C(=O)C[C@H](N)Cc3ccc(-c4cnc(N)nc4)cc3)C2)nc2c(Cl)cccc21. The van der Waals surface area contributed by atoms with E-state index in [1.165, 1.54) is 6.92 Å². The third-order valence-electron chi connectivity index (χ3n) is 7.50. The number of carbonyl (C=O) groups excluding carboxylic acids is 2. The number of rotatable bonds is 9. The van der Waals surface area contributed by atoms with Crippen molar-refractivity contribution in [3.63, 3.8) is 0 Å². The molecule has 5 rings (SSSR count). The second-order valence-electron chi connectivity index (χ2n) is 10.6. The first kappa shape index (κ1) is 28.5. The second-order valence-corrected chi connectivity index (χ2v) is 11.0. The monoisotopic (exact) mass is 574 g/mol. The Morgan fingerprint density at radius 1 is 1.12 bits per heavy atom. The van der Waals surface area contributed by atoms with Crippen LogP contribution in [0, 0.1) is 0 Å². The lowest BCUT2D eigenvalue weighted by molar-refractivity contribution is -0.132. The molecule has 2 atom stereocenters. The molecule has 5 N–H and O–H groups in total. The third-order valence-corrected chi connectivity index (χ3v) is 7.81. The van der Waals surface area contributed by atoms with Crippen LogP contribution >= 0.6 is 11.6 Å². The van der Waals surface area contributed by atoms with E-state index in [2.05, 4.69) is 19.9 Å². The zero-order valence-electron chi connectivity index (χ0n) is 23.1. The fourth-order valence-electron chi connectivity index (χ4n) is 5.48. The van der Waals surface area contributed by atoms with E-state index >= 15 is 0 Å². The number of amides is 2. The average Bonchev–Trinajstić information content (AvgIpc) is 3.33. The van der Waals surface area contributed by atoms with Crippen LogP contribution in [-0.4, -0.2) is 61.9 Å². The number of para-hydroxylation sites is 1. The van der Waals surface area contributed by atoms with Crippen molar-refractivity contribution in [3.8, 4) is 11.1 Å². The molecule has 11 heteroatoms. The number of aromatic nitrogens is 4. The van der Waals surface area contributed by atoms with E-state index in [0.29, 0.717) is 37.6 Å². The van der Waals surface area contributed by atoms with E-state index < -0.39 is 0 Å². The van der Waals surface area contributed by atoms with Gasteiger partial charge < -0.3 is 26.3 Å². The minimum atomic E-state index is -0.297. The number of benzene rings is 2. The van der Waals surface area contributed by atoms with Gasteiger partial charge in [0.1, 0.15) is 11.3 Å². The highest BCUT2D eigenvalue weighted by Crippen LogP contribution is 2.32. The summed E-state index contributed by atoms with van der Waals surface area (Å²) in [4.78, 5) is 39.7. The number of halogens is 1. The zero-order valence-corrected chi connectivity index (χ0v) is 23.8. The van der Waals surface area contributed by atoms with Crippen LogP contribution in [0.3, 0.4) is 0 Å². The number of likely N-dealkylation sites (tertiary alicyclic amines) is 1.